The number of hydrogen-bond acceptors (Lipinski definition) is 8. The van der Waals surface area contributed by atoms with Crippen LogP contribution in [0, 0.1) is 10.1 Å². The van der Waals surface area contributed by atoms with E-state index in [1.807, 2.05) is 17.3 Å². The van der Waals surface area contributed by atoms with E-state index in [4.69, 9.17) is 4.74 Å². The number of morpholine rings is 1. The maximum atomic E-state index is 10.7. The minimum Gasteiger partial charge on any atom is -0.378 e. The number of hydrogen-bond donors (Lipinski definition) is 0. The second-order valence-electron chi connectivity index (χ2n) is 4.68. The average Bonchev–Trinajstić information content (AvgIpc) is 3.17. The summed E-state index contributed by atoms with van der Waals surface area (Å²) in [7, 11) is 0. The Morgan fingerprint density at radius 2 is 2.23 bits per heavy atom. The SMILES string of the molecule is C/C(=N/N1CCOCC1)c1csc(-c2ccc([N+](=O)[O-])s2)n1. The maximum Gasteiger partial charge on any atom is 0.324 e. The minimum absolute atomic E-state index is 0.130. The molecule has 2 aromatic heterocycles. The fourth-order valence-corrected chi connectivity index (χ4v) is 3.77. The first kappa shape index (κ1) is 15.1. The summed E-state index contributed by atoms with van der Waals surface area (Å²) >= 11 is 2.61. The zero-order valence-corrected chi connectivity index (χ0v) is 13.5. The van der Waals surface area contributed by atoms with E-state index in [2.05, 4.69) is 10.1 Å². The van der Waals surface area contributed by atoms with Gasteiger partial charge in [-0.05, 0) is 13.0 Å². The molecule has 0 aliphatic carbocycles. The van der Waals surface area contributed by atoms with Gasteiger partial charge < -0.3 is 4.74 Å². The highest BCUT2D eigenvalue weighted by molar-refractivity contribution is 7.23. The van der Waals surface area contributed by atoms with Crippen molar-refractivity contribution in [3.05, 3.63) is 33.3 Å². The lowest BCUT2D eigenvalue weighted by atomic mass is 10.3. The van der Waals surface area contributed by atoms with Gasteiger partial charge in [-0.3, -0.25) is 15.1 Å². The van der Waals surface area contributed by atoms with E-state index in [0.717, 1.165) is 45.7 Å². The van der Waals surface area contributed by atoms with Crippen molar-refractivity contribution in [3.8, 4) is 9.88 Å². The van der Waals surface area contributed by atoms with Crippen LogP contribution in [0.3, 0.4) is 0 Å². The molecule has 3 heterocycles. The van der Waals surface area contributed by atoms with Crippen LogP contribution in [-0.2, 0) is 4.74 Å². The van der Waals surface area contributed by atoms with Crippen LogP contribution >= 0.6 is 22.7 Å². The standard InChI is InChI=1S/C13H14N4O3S2/c1-9(15-16-4-6-20-7-5-16)10-8-21-13(14-10)11-2-3-12(22-11)17(18)19/h2-3,8H,4-7H2,1H3/b15-9-. The van der Waals surface area contributed by atoms with Crippen LogP contribution in [0.4, 0.5) is 5.00 Å². The van der Waals surface area contributed by atoms with E-state index in [0.29, 0.717) is 13.2 Å². The molecule has 0 saturated carbocycles. The summed E-state index contributed by atoms with van der Waals surface area (Å²) in [6, 6.07) is 3.25. The van der Waals surface area contributed by atoms with Gasteiger partial charge >= 0.3 is 5.00 Å². The predicted octanol–water partition coefficient (Wildman–Crippen LogP) is 2.84. The van der Waals surface area contributed by atoms with Crippen molar-refractivity contribution in [3.63, 3.8) is 0 Å². The smallest absolute Gasteiger partial charge is 0.324 e. The van der Waals surface area contributed by atoms with Gasteiger partial charge in [-0.2, -0.15) is 5.10 Å². The molecule has 7 nitrogen and oxygen atoms in total. The Morgan fingerprint density at radius 3 is 2.91 bits per heavy atom. The highest BCUT2D eigenvalue weighted by Gasteiger charge is 2.15. The van der Waals surface area contributed by atoms with Crippen LogP contribution in [0.2, 0.25) is 0 Å². The molecule has 0 aromatic carbocycles. The first-order chi connectivity index (χ1) is 10.6. The molecule has 1 fully saturated rings. The highest BCUT2D eigenvalue weighted by Crippen LogP contribution is 2.34. The average molecular weight is 338 g/mol. The fraction of sp³-hybridized carbons (Fsp3) is 0.385. The number of rotatable bonds is 4. The molecular weight excluding hydrogens is 324 g/mol. The van der Waals surface area contributed by atoms with Crippen molar-refractivity contribution in [2.45, 2.75) is 6.92 Å². The zero-order chi connectivity index (χ0) is 15.5. The maximum absolute atomic E-state index is 10.7. The Hall–Kier alpha value is -1.84. The van der Waals surface area contributed by atoms with Crippen LogP contribution in [0.1, 0.15) is 12.6 Å². The number of nitrogens with zero attached hydrogens (tertiary/aromatic N) is 4. The molecule has 0 spiro atoms. The van der Waals surface area contributed by atoms with Gasteiger partial charge in [0, 0.05) is 11.4 Å². The van der Waals surface area contributed by atoms with Crippen LogP contribution in [0.5, 0.6) is 0 Å². The minimum atomic E-state index is -0.381. The molecule has 3 rings (SSSR count). The van der Waals surface area contributed by atoms with Gasteiger partial charge in [-0.15, -0.1) is 11.3 Å². The second kappa shape index (κ2) is 6.51. The molecule has 0 unspecified atom stereocenters. The quantitative estimate of drug-likeness (QED) is 0.486. The number of aromatic nitrogens is 1. The summed E-state index contributed by atoms with van der Waals surface area (Å²) in [4.78, 5) is 15.7. The first-order valence-electron chi connectivity index (χ1n) is 6.72. The largest absolute Gasteiger partial charge is 0.378 e. The molecule has 1 aliphatic heterocycles. The summed E-state index contributed by atoms with van der Waals surface area (Å²) in [6.07, 6.45) is 0. The third-order valence-electron chi connectivity index (χ3n) is 3.14. The second-order valence-corrected chi connectivity index (χ2v) is 6.60. The van der Waals surface area contributed by atoms with Gasteiger partial charge in [0.25, 0.3) is 0 Å². The summed E-state index contributed by atoms with van der Waals surface area (Å²) in [5, 5.41) is 20.1. The van der Waals surface area contributed by atoms with Crippen LogP contribution in [0.15, 0.2) is 22.6 Å². The Morgan fingerprint density at radius 1 is 1.45 bits per heavy atom. The van der Waals surface area contributed by atoms with Gasteiger partial charge in [-0.25, -0.2) is 4.98 Å². The van der Waals surface area contributed by atoms with Crippen molar-refractivity contribution in [2.75, 3.05) is 26.3 Å². The monoisotopic (exact) mass is 338 g/mol. The van der Waals surface area contributed by atoms with Crippen LogP contribution in [-0.4, -0.2) is 46.9 Å². The zero-order valence-electron chi connectivity index (χ0n) is 11.9. The fourth-order valence-electron chi connectivity index (χ4n) is 2.01. The molecule has 1 aliphatic rings. The van der Waals surface area contributed by atoms with E-state index < -0.39 is 0 Å². The van der Waals surface area contributed by atoms with Gasteiger partial charge in [0.15, 0.2) is 0 Å². The van der Waals surface area contributed by atoms with E-state index in [9.17, 15) is 10.1 Å². The van der Waals surface area contributed by atoms with E-state index >= 15 is 0 Å². The summed E-state index contributed by atoms with van der Waals surface area (Å²) in [6.45, 7) is 4.87. The van der Waals surface area contributed by atoms with E-state index in [-0.39, 0.29) is 9.92 Å². The predicted molar refractivity (Wildman–Crippen MR) is 86.7 cm³/mol. The van der Waals surface area contributed by atoms with E-state index in [1.54, 1.807) is 6.07 Å². The van der Waals surface area contributed by atoms with Gasteiger partial charge in [0.2, 0.25) is 0 Å². The lowest BCUT2D eigenvalue weighted by molar-refractivity contribution is -0.380. The molecule has 0 bridgehead atoms. The number of nitro groups is 1. The molecule has 1 saturated heterocycles. The Kier molecular flexibility index (Phi) is 4.46. The van der Waals surface area contributed by atoms with Crippen molar-refractivity contribution in [1.29, 1.82) is 0 Å². The molecule has 0 radical (unpaired) electrons. The molecule has 9 heteroatoms. The Labute approximate surface area is 135 Å². The normalized spacial score (nSPS) is 16.0. The molecular formula is C13H14N4O3S2. The molecule has 0 atom stereocenters. The molecule has 2 aromatic rings. The van der Waals surface area contributed by atoms with Crippen molar-refractivity contribution < 1.29 is 9.66 Å². The molecule has 0 N–H and O–H groups in total. The summed E-state index contributed by atoms with van der Waals surface area (Å²) in [5.41, 5.74) is 1.65. The number of thiophene rings is 1. The Bertz CT molecular complexity index is 704. The Balaban J connectivity index is 1.77. The highest BCUT2D eigenvalue weighted by atomic mass is 32.1. The van der Waals surface area contributed by atoms with E-state index in [1.165, 1.54) is 17.4 Å². The van der Waals surface area contributed by atoms with Crippen molar-refractivity contribution >= 4 is 33.4 Å². The lowest BCUT2D eigenvalue weighted by Crippen LogP contribution is -2.33. The lowest BCUT2D eigenvalue weighted by Gasteiger charge is -2.24. The third kappa shape index (κ3) is 3.32. The van der Waals surface area contributed by atoms with Gasteiger partial charge in [-0.1, -0.05) is 11.3 Å². The van der Waals surface area contributed by atoms with Crippen LogP contribution < -0.4 is 0 Å². The third-order valence-corrected chi connectivity index (χ3v) is 5.18. The number of thiazole rings is 1. The van der Waals surface area contributed by atoms with Crippen LogP contribution in [0.25, 0.3) is 9.88 Å². The van der Waals surface area contributed by atoms with Crippen molar-refractivity contribution in [1.82, 2.24) is 9.99 Å². The molecule has 116 valence electrons. The van der Waals surface area contributed by atoms with Gasteiger partial charge in [0.05, 0.1) is 47.5 Å². The topological polar surface area (TPSA) is 80.9 Å². The summed E-state index contributed by atoms with van der Waals surface area (Å²) < 4.78 is 5.29. The van der Waals surface area contributed by atoms with Gasteiger partial charge in [0.1, 0.15) is 5.01 Å². The number of ether oxygens (including phenoxy) is 1. The summed E-state index contributed by atoms with van der Waals surface area (Å²) in [5.74, 6) is 0. The molecule has 0 amide bonds. The number of hydrazone groups is 1. The first-order valence-corrected chi connectivity index (χ1v) is 8.41. The molecule has 22 heavy (non-hydrogen) atoms. The van der Waals surface area contributed by atoms with Crippen molar-refractivity contribution in [2.24, 2.45) is 5.10 Å².